The van der Waals surface area contributed by atoms with E-state index in [1.807, 2.05) is 0 Å². The molecule has 1 N–H and O–H groups in total. The Bertz CT molecular complexity index is 921. The van der Waals surface area contributed by atoms with Crippen molar-refractivity contribution in [2.75, 3.05) is 18.5 Å². The number of halogens is 1. The Balaban J connectivity index is 2.49. The molecule has 0 aliphatic heterocycles. The van der Waals surface area contributed by atoms with Gasteiger partial charge in [0, 0.05) is 29.9 Å². The van der Waals surface area contributed by atoms with Crippen LogP contribution < -0.4 is 10.2 Å². The first-order valence-corrected chi connectivity index (χ1v) is 7.78. The first-order valence-electron chi connectivity index (χ1n) is 7.40. The molecule has 0 heterocycles. The average Bonchev–Trinajstić information content (AvgIpc) is 2.65. The third kappa shape index (κ3) is 4.18. The van der Waals surface area contributed by atoms with E-state index in [0.29, 0.717) is 11.3 Å². The molecule has 2 aromatic rings. The SMILES string of the molecule is C#Cc1cccc(N(CC(=O)NC)C(=O)c2ccc(Cl)c([N+](=O)[O-])c2)c1. The van der Waals surface area contributed by atoms with Crippen LogP contribution in [0.25, 0.3) is 0 Å². The molecular formula is C18H14ClN3O4. The molecule has 8 heteroatoms. The van der Waals surface area contributed by atoms with E-state index in [0.717, 1.165) is 6.07 Å². The van der Waals surface area contributed by atoms with Crippen molar-refractivity contribution >= 4 is 34.8 Å². The van der Waals surface area contributed by atoms with Gasteiger partial charge in [-0.05, 0) is 30.3 Å². The van der Waals surface area contributed by atoms with E-state index in [9.17, 15) is 19.7 Å². The molecule has 0 spiro atoms. The molecule has 0 saturated carbocycles. The molecule has 0 aliphatic carbocycles. The van der Waals surface area contributed by atoms with E-state index < -0.39 is 22.4 Å². The number of nitro groups is 1. The van der Waals surface area contributed by atoms with Gasteiger partial charge in [-0.3, -0.25) is 24.6 Å². The number of anilines is 1. The number of likely N-dealkylation sites (N-methyl/N-ethyl adjacent to an activating group) is 1. The second kappa shape index (κ2) is 8.14. The highest BCUT2D eigenvalue weighted by Crippen LogP contribution is 2.27. The van der Waals surface area contributed by atoms with Crippen molar-refractivity contribution in [2.24, 2.45) is 0 Å². The van der Waals surface area contributed by atoms with Gasteiger partial charge in [0.05, 0.1) is 4.92 Å². The van der Waals surface area contributed by atoms with Gasteiger partial charge in [0.1, 0.15) is 11.6 Å². The number of terminal acetylenes is 1. The normalized spacial score (nSPS) is 9.88. The number of nitrogens with one attached hydrogen (secondary N) is 1. The second-order valence-electron chi connectivity index (χ2n) is 5.18. The lowest BCUT2D eigenvalue weighted by Gasteiger charge is -2.22. The zero-order valence-corrected chi connectivity index (χ0v) is 14.5. The summed E-state index contributed by atoms with van der Waals surface area (Å²) in [7, 11) is 1.44. The molecule has 26 heavy (non-hydrogen) atoms. The number of hydrogen-bond donors (Lipinski definition) is 1. The Morgan fingerprint density at radius 1 is 1.31 bits per heavy atom. The fourth-order valence-electron chi connectivity index (χ4n) is 2.21. The Hall–Kier alpha value is -3.37. The van der Waals surface area contributed by atoms with E-state index in [1.54, 1.807) is 24.3 Å². The molecule has 0 fully saturated rings. The maximum Gasteiger partial charge on any atom is 0.288 e. The van der Waals surface area contributed by atoms with Gasteiger partial charge in [0.2, 0.25) is 5.91 Å². The first kappa shape index (κ1) is 19.0. The summed E-state index contributed by atoms with van der Waals surface area (Å²) < 4.78 is 0. The van der Waals surface area contributed by atoms with E-state index in [2.05, 4.69) is 11.2 Å². The summed E-state index contributed by atoms with van der Waals surface area (Å²) in [6, 6.07) is 10.2. The van der Waals surface area contributed by atoms with Gasteiger partial charge in [-0.25, -0.2) is 0 Å². The van der Waals surface area contributed by atoms with E-state index in [1.165, 1.54) is 24.1 Å². The van der Waals surface area contributed by atoms with E-state index in [-0.39, 0.29) is 17.1 Å². The molecule has 2 rings (SSSR count). The van der Waals surface area contributed by atoms with Crippen LogP contribution in [-0.4, -0.2) is 30.3 Å². The smallest absolute Gasteiger partial charge is 0.288 e. The fraction of sp³-hybridized carbons (Fsp3) is 0.111. The van der Waals surface area contributed by atoms with Crippen LogP contribution in [0, 0.1) is 22.5 Å². The zero-order chi connectivity index (χ0) is 19.3. The number of amides is 2. The maximum absolute atomic E-state index is 12.9. The predicted octanol–water partition coefficient (Wildman–Crippen LogP) is 2.62. The highest BCUT2D eigenvalue weighted by molar-refractivity contribution is 6.32. The second-order valence-corrected chi connectivity index (χ2v) is 5.59. The quantitative estimate of drug-likeness (QED) is 0.496. The summed E-state index contributed by atoms with van der Waals surface area (Å²) in [5, 5.41) is 13.4. The number of rotatable bonds is 5. The minimum Gasteiger partial charge on any atom is -0.358 e. The third-order valence-corrected chi connectivity index (χ3v) is 3.86. The molecule has 0 aromatic heterocycles. The average molecular weight is 372 g/mol. The summed E-state index contributed by atoms with van der Waals surface area (Å²) >= 11 is 5.79. The highest BCUT2D eigenvalue weighted by Gasteiger charge is 2.23. The summed E-state index contributed by atoms with van der Waals surface area (Å²) in [5.41, 5.74) is 0.553. The standard InChI is InChI=1S/C18H14ClN3O4/c1-3-12-5-4-6-14(9-12)21(11-17(23)20-2)18(24)13-7-8-15(19)16(10-13)22(25)26/h1,4-10H,11H2,2H3,(H,20,23). The van der Waals surface area contributed by atoms with Crippen LogP contribution in [0.15, 0.2) is 42.5 Å². The van der Waals surface area contributed by atoms with Crippen LogP contribution >= 0.6 is 11.6 Å². The van der Waals surface area contributed by atoms with Crippen LogP contribution in [-0.2, 0) is 4.79 Å². The van der Waals surface area contributed by atoms with Crippen LogP contribution in [0.5, 0.6) is 0 Å². The summed E-state index contributed by atoms with van der Waals surface area (Å²) in [5.74, 6) is 1.45. The lowest BCUT2D eigenvalue weighted by molar-refractivity contribution is -0.384. The largest absolute Gasteiger partial charge is 0.358 e. The van der Waals surface area contributed by atoms with Crippen molar-refractivity contribution in [2.45, 2.75) is 0 Å². The van der Waals surface area contributed by atoms with E-state index >= 15 is 0 Å². The topological polar surface area (TPSA) is 92.6 Å². The summed E-state index contributed by atoms with van der Waals surface area (Å²) in [4.78, 5) is 36.3. The van der Waals surface area contributed by atoms with Gasteiger partial charge in [-0.1, -0.05) is 23.6 Å². The van der Waals surface area contributed by atoms with Gasteiger partial charge in [0.15, 0.2) is 0 Å². The fourth-order valence-corrected chi connectivity index (χ4v) is 2.39. The first-order chi connectivity index (χ1) is 12.4. The van der Waals surface area contributed by atoms with Gasteiger partial charge in [-0.2, -0.15) is 0 Å². The van der Waals surface area contributed by atoms with Crippen molar-refractivity contribution in [3.63, 3.8) is 0 Å². The van der Waals surface area contributed by atoms with Crippen molar-refractivity contribution in [3.8, 4) is 12.3 Å². The molecule has 132 valence electrons. The minimum atomic E-state index is -0.679. The summed E-state index contributed by atoms with van der Waals surface area (Å²) in [6.07, 6.45) is 5.38. The van der Waals surface area contributed by atoms with Crippen LogP contribution in [0.3, 0.4) is 0 Å². The third-order valence-electron chi connectivity index (χ3n) is 3.54. The van der Waals surface area contributed by atoms with Crippen molar-refractivity contribution in [3.05, 3.63) is 68.7 Å². The summed E-state index contributed by atoms with van der Waals surface area (Å²) in [6.45, 7) is -0.278. The lowest BCUT2D eigenvalue weighted by Crippen LogP contribution is -2.39. The van der Waals surface area contributed by atoms with Crippen molar-refractivity contribution < 1.29 is 14.5 Å². The molecule has 0 unspecified atom stereocenters. The lowest BCUT2D eigenvalue weighted by atomic mass is 10.1. The molecule has 2 aromatic carbocycles. The van der Waals surface area contributed by atoms with Crippen LogP contribution in [0.2, 0.25) is 5.02 Å². The Morgan fingerprint density at radius 2 is 2.04 bits per heavy atom. The highest BCUT2D eigenvalue weighted by atomic mass is 35.5. The predicted molar refractivity (Wildman–Crippen MR) is 98.2 cm³/mol. The van der Waals surface area contributed by atoms with E-state index in [4.69, 9.17) is 18.0 Å². The molecule has 0 aliphatic rings. The molecule has 7 nitrogen and oxygen atoms in total. The molecule has 0 atom stereocenters. The van der Waals surface area contributed by atoms with Gasteiger partial charge in [0.25, 0.3) is 11.6 Å². The zero-order valence-electron chi connectivity index (χ0n) is 13.7. The molecule has 0 bridgehead atoms. The number of carbonyl (C=O) groups is 2. The molecular weight excluding hydrogens is 358 g/mol. The Kier molecular flexibility index (Phi) is 5.94. The van der Waals surface area contributed by atoms with Gasteiger partial charge < -0.3 is 5.32 Å². The number of nitro benzene ring substituents is 1. The van der Waals surface area contributed by atoms with Gasteiger partial charge >= 0.3 is 0 Å². The molecule has 2 amide bonds. The Morgan fingerprint density at radius 3 is 2.65 bits per heavy atom. The number of hydrogen-bond acceptors (Lipinski definition) is 4. The number of carbonyl (C=O) groups excluding carboxylic acids is 2. The number of nitrogens with zero attached hydrogens (tertiary/aromatic N) is 2. The van der Waals surface area contributed by atoms with Crippen molar-refractivity contribution in [1.29, 1.82) is 0 Å². The number of benzene rings is 2. The van der Waals surface area contributed by atoms with Crippen LogP contribution in [0.4, 0.5) is 11.4 Å². The molecule has 0 radical (unpaired) electrons. The Labute approximate surface area is 154 Å². The molecule has 0 saturated heterocycles. The van der Waals surface area contributed by atoms with Gasteiger partial charge in [-0.15, -0.1) is 6.42 Å². The van der Waals surface area contributed by atoms with Crippen molar-refractivity contribution in [1.82, 2.24) is 5.32 Å². The minimum absolute atomic E-state index is 0.0242. The monoisotopic (exact) mass is 371 g/mol. The maximum atomic E-state index is 12.9. The van der Waals surface area contributed by atoms with Crippen LogP contribution in [0.1, 0.15) is 15.9 Å².